The third-order valence-corrected chi connectivity index (χ3v) is 2.72. The van der Waals surface area contributed by atoms with E-state index in [4.69, 9.17) is 39.5 Å². The number of hydrogen-bond acceptors (Lipinski definition) is 3. The zero-order chi connectivity index (χ0) is 13.1. The Bertz CT molecular complexity index is 349. The van der Waals surface area contributed by atoms with Crippen molar-refractivity contribution in [3.8, 4) is 0 Å². The molecule has 0 unspecified atom stereocenters. The average molecular weight is 301 g/mol. The first kappa shape index (κ1) is 14.6. The number of amides is 1. The Kier molecular flexibility index (Phi) is 5.10. The molecule has 0 aromatic rings. The molecule has 4 nitrogen and oxygen atoms in total. The summed E-state index contributed by atoms with van der Waals surface area (Å²) in [4.78, 5) is 24.5. The number of alkyl halides is 3. The van der Waals surface area contributed by atoms with Crippen molar-refractivity contribution in [2.45, 2.75) is 23.6 Å². The summed E-state index contributed by atoms with van der Waals surface area (Å²) in [5, 5.41) is 0. The molecule has 1 amide bonds. The minimum Gasteiger partial charge on any atom is -0.449 e. The standard InChI is InChI=1S/C10H12Cl3NO3/c1-2-17-9(16)14-5-3-4-7(6-14)8(15)10(11,12)13/h6H,2-5H2,1H3. The fourth-order valence-corrected chi connectivity index (χ4v) is 1.83. The number of allylic oxidation sites excluding steroid dienone is 1. The Morgan fingerprint density at radius 3 is 2.65 bits per heavy atom. The second-order valence-electron chi connectivity index (χ2n) is 3.48. The molecule has 0 saturated carbocycles. The number of Topliss-reactive ketones (excluding diaryl/α,β-unsaturated/α-hetero) is 1. The van der Waals surface area contributed by atoms with Crippen LogP contribution in [0.1, 0.15) is 19.8 Å². The van der Waals surface area contributed by atoms with Crippen LogP contribution in [0.15, 0.2) is 11.8 Å². The monoisotopic (exact) mass is 299 g/mol. The van der Waals surface area contributed by atoms with Gasteiger partial charge < -0.3 is 4.74 Å². The minimum atomic E-state index is -1.98. The molecular formula is C10H12Cl3NO3. The molecular weight excluding hydrogens is 288 g/mol. The highest BCUT2D eigenvalue weighted by Crippen LogP contribution is 2.32. The molecule has 17 heavy (non-hydrogen) atoms. The summed E-state index contributed by atoms with van der Waals surface area (Å²) in [6, 6.07) is 0. The third kappa shape index (κ3) is 4.05. The van der Waals surface area contributed by atoms with E-state index < -0.39 is 15.7 Å². The van der Waals surface area contributed by atoms with E-state index in [-0.39, 0.29) is 6.61 Å². The van der Waals surface area contributed by atoms with Gasteiger partial charge in [-0.2, -0.15) is 0 Å². The molecule has 0 fully saturated rings. The van der Waals surface area contributed by atoms with Crippen LogP contribution >= 0.6 is 34.8 Å². The van der Waals surface area contributed by atoms with Crippen LogP contribution in [0.2, 0.25) is 0 Å². The molecule has 0 radical (unpaired) electrons. The fourth-order valence-electron chi connectivity index (χ4n) is 1.46. The van der Waals surface area contributed by atoms with Gasteiger partial charge in [-0.1, -0.05) is 34.8 Å². The van der Waals surface area contributed by atoms with E-state index in [9.17, 15) is 9.59 Å². The first-order valence-corrected chi connectivity index (χ1v) is 6.25. The second kappa shape index (κ2) is 5.94. The Labute approximate surface area is 114 Å². The highest BCUT2D eigenvalue weighted by molar-refractivity contribution is 6.77. The topological polar surface area (TPSA) is 46.6 Å². The highest BCUT2D eigenvalue weighted by Gasteiger charge is 2.34. The maximum atomic E-state index is 11.7. The summed E-state index contributed by atoms with van der Waals surface area (Å²) < 4.78 is 2.84. The summed E-state index contributed by atoms with van der Waals surface area (Å²) >= 11 is 16.5. The molecule has 0 aromatic carbocycles. The smallest absolute Gasteiger partial charge is 0.413 e. The van der Waals surface area contributed by atoms with Gasteiger partial charge in [-0.3, -0.25) is 9.69 Å². The molecule has 0 N–H and O–H groups in total. The van der Waals surface area contributed by atoms with Crippen molar-refractivity contribution in [2.24, 2.45) is 0 Å². The number of rotatable bonds is 2. The van der Waals surface area contributed by atoms with E-state index >= 15 is 0 Å². The number of halogens is 3. The summed E-state index contributed by atoms with van der Waals surface area (Å²) in [6.45, 7) is 2.48. The molecule has 7 heteroatoms. The lowest BCUT2D eigenvalue weighted by Crippen LogP contribution is -2.33. The molecule has 1 aliphatic rings. The van der Waals surface area contributed by atoms with E-state index in [2.05, 4.69) is 0 Å². The molecule has 0 spiro atoms. The molecule has 1 heterocycles. The van der Waals surface area contributed by atoms with Crippen LogP contribution in [0.3, 0.4) is 0 Å². The molecule has 0 aromatic heterocycles. The van der Waals surface area contributed by atoms with Crippen molar-refractivity contribution in [3.63, 3.8) is 0 Å². The van der Waals surface area contributed by atoms with E-state index in [1.165, 1.54) is 11.1 Å². The van der Waals surface area contributed by atoms with Crippen molar-refractivity contribution in [2.75, 3.05) is 13.2 Å². The minimum absolute atomic E-state index is 0.275. The van der Waals surface area contributed by atoms with Crippen molar-refractivity contribution in [3.05, 3.63) is 11.8 Å². The van der Waals surface area contributed by atoms with Crippen LogP contribution < -0.4 is 0 Å². The normalized spacial score (nSPS) is 16.5. The predicted molar refractivity (Wildman–Crippen MR) is 66.3 cm³/mol. The fraction of sp³-hybridized carbons (Fsp3) is 0.600. The van der Waals surface area contributed by atoms with Gasteiger partial charge in [0.15, 0.2) is 0 Å². The van der Waals surface area contributed by atoms with E-state index in [0.29, 0.717) is 25.0 Å². The third-order valence-electron chi connectivity index (χ3n) is 2.21. The van der Waals surface area contributed by atoms with E-state index in [1.54, 1.807) is 6.92 Å². The Hall–Kier alpha value is -0.450. The number of hydrogen-bond donors (Lipinski definition) is 0. The lowest BCUT2D eigenvalue weighted by atomic mass is 10.0. The van der Waals surface area contributed by atoms with Crippen molar-refractivity contribution in [1.82, 2.24) is 4.90 Å². The quantitative estimate of drug-likeness (QED) is 0.736. The molecule has 96 valence electrons. The van der Waals surface area contributed by atoms with Gasteiger partial charge in [-0.15, -0.1) is 0 Å². The summed E-state index contributed by atoms with van der Waals surface area (Å²) in [5.74, 6) is -0.600. The van der Waals surface area contributed by atoms with Crippen LogP contribution in [0, 0.1) is 0 Å². The average Bonchev–Trinajstić information content (AvgIpc) is 2.27. The Balaban J connectivity index is 2.80. The molecule has 1 aliphatic heterocycles. The SMILES string of the molecule is CCOC(=O)N1C=C(C(=O)C(Cl)(Cl)Cl)CCC1. The number of ketones is 1. The van der Waals surface area contributed by atoms with Gasteiger partial charge in [0, 0.05) is 18.3 Å². The molecule has 0 atom stereocenters. The van der Waals surface area contributed by atoms with Crippen LogP contribution in [0.5, 0.6) is 0 Å². The highest BCUT2D eigenvalue weighted by atomic mass is 35.6. The molecule has 0 aliphatic carbocycles. The van der Waals surface area contributed by atoms with Gasteiger partial charge in [0.05, 0.1) is 6.61 Å². The summed E-state index contributed by atoms with van der Waals surface area (Å²) in [6.07, 6.45) is 2.02. The van der Waals surface area contributed by atoms with Crippen molar-refractivity contribution in [1.29, 1.82) is 0 Å². The molecule has 0 bridgehead atoms. The lowest BCUT2D eigenvalue weighted by molar-refractivity contribution is -0.115. The van der Waals surface area contributed by atoms with E-state index in [0.717, 1.165) is 0 Å². The maximum Gasteiger partial charge on any atom is 0.413 e. The Morgan fingerprint density at radius 1 is 1.47 bits per heavy atom. The lowest BCUT2D eigenvalue weighted by Gasteiger charge is -2.24. The van der Waals surface area contributed by atoms with E-state index in [1.807, 2.05) is 0 Å². The molecule has 1 rings (SSSR count). The van der Waals surface area contributed by atoms with Gasteiger partial charge >= 0.3 is 6.09 Å². The van der Waals surface area contributed by atoms with Crippen molar-refractivity contribution < 1.29 is 14.3 Å². The first-order valence-electron chi connectivity index (χ1n) is 5.12. The van der Waals surface area contributed by atoms with Crippen LogP contribution in [0.25, 0.3) is 0 Å². The number of carbonyl (C=O) groups excluding carboxylic acids is 2. The number of carbonyl (C=O) groups is 2. The number of ether oxygens (including phenoxy) is 1. The zero-order valence-corrected chi connectivity index (χ0v) is 11.5. The largest absolute Gasteiger partial charge is 0.449 e. The predicted octanol–water partition coefficient (Wildman–Crippen LogP) is 3.06. The van der Waals surface area contributed by atoms with Gasteiger partial charge in [0.25, 0.3) is 3.79 Å². The summed E-state index contributed by atoms with van der Waals surface area (Å²) in [5.41, 5.74) is 0.323. The van der Waals surface area contributed by atoms with Crippen LogP contribution in [-0.4, -0.2) is 33.7 Å². The summed E-state index contributed by atoms with van der Waals surface area (Å²) in [7, 11) is 0. The van der Waals surface area contributed by atoms with Gasteiger partial charge in [0.1, 0.15) is 0 Å². The van der Waals surface area contributed by atoms with Crippen LogP contribution in [-0.2, 0) is 9.53 Å². The van der Waals surface area contributed by atoms with Gasteiger partial charge in [-0.25, -0.2) is 4.79 Å². The zero-order valence-electron chi connectivity index (χ0n) is 9.21. The number of nitrogens with zero attached hydrogens (tertiary/aromatic N) is 1. The van der Waals surface area contributed by atoms with Crippen LogP contribution in [0.4, 0.5) is 4.79 Å². The van der Waals surface area contributed by atoms with Gasteiger partial charge in [0.2, 0.25) is 5.78 Å². The molecule has 0 saturated heterocycles. The Morgan fingerprint density at radius 2 is 2.12 bits per heavy atom. The van der Waals surface area contributed by atoms with Crippen molar-refractivity contribution >= 4 is 46.7 Å². The first-order chi connectivity index (χ1) is 7.86. The maximum absolute atomic E-state index is 11.7. The van der Waals surface area contributed by atoms with Gasteiger partial charge in [-0.05, 0) is 19.8 Å². The second-order valence-corrected chi connectivity index (χ2v) is 5.76.